The minimum absolute atomic E-state index is 0.0429. The van der Waals surface area contributed by atoms with Crippen LogP contribution in [0.1, 0.15) is 39.4 Å². The van der Waals surface area contributed by atoms with Crippen molar-refractivity contribution < 1.29 is 28.7 Å². The Kier molecular flexibility index (Phi) is 8.89. The maximum absolute atomic E-state index is 12.4. The van der Waals surface area contributed by atoms with Crippen LogP contribution in [0.25, 0.3) is 0 Å². The number of ether oxygens (including phenoxy) is 2. The van der Waals surface area contributed by atoms with Gasteiger partial charge in [0.2, 0.25) is 11.8 Å². The standard InChI is InChI=1S/C17H25N3O6S/c1-6-18-11(21)8-20(7-2)9-12(22)19-15-13(16(23)25-4)10(3)14(27-15)17(24)26-5/h6-9H2,1-5H3,(H,18,21)(H,19,22). The normalized spacial score (nSPS) is 10.4. The molecule has 1 aromatic rings. The van der Waals surface area contributed by atoms with Crippen LogP contribution >= 0.6 is 11.3 Å². The van der Waals surface area contributed by atoms with Crippen LogP contribution in [-0.2, 0) is 19.1 Å². The fraction of sp³-hybridized carbons (Fsp3) is 0.529. The minimum atomic E-state index is -0.663. The van der Waals surface area contributed by atoms with E-state index >= 15 is 0 Å². The maximum atomic E-state index is 12.4. The molecule has 0 aromatic carbocycles. The Hall–Kier alpha value is -2.46. The number of nitrogens with zero attached hydrogens (tertiary/aromatic N) is 1. The zero-order chi connectivity index (χ0) is 20.6. The van der Waals surface area contributed by atoms with E-state index in [0.29, 0.717) is 18.7 Å². The Balaban J connectivity index is 2.98. The van der Waals surface area contributed by atoms with Gasteiger partial charge < -0.3 is 20.1 Å². The molecule has 10 heteroatoms. The van der Waals surface area contributed by atoms with E-state index in [-0.39, 0.29) is 34.4 Å². The van der Waals surface area contributed by atoms with Crippen LogP contribution in [0.5, 0.6) is 0 Å². The van der Waals surface area contributed by atoms with E-state index in [0.717, 1.165) is 11.3 Å². The van der Waals surface area contributed by atoms with Crippen molar-refractivity contribution in [3.05, 3.63) is 16.0 Å². The van der Waals surface area contributed by atoms with E-state index in [1.807, 2.05) is 13.8 Å². The highest BCUT2D eigenvalue weighted by atomic mass is 32.1. The molecule has 1 aromatic heterocycles. The molecule has 0 radical (unpaired) electrons. The Morgan fingerprint density at radius 3 is 2.11 bits per heavy atom. The van der Waals surface area contributed by atoms with Crippen LogP contribution in [0.2, 0.25) is 0 Å². The summed E-state index contributed by atoms with van der Waals surface area (Å²) in [6.45, 7) is 6.26. The second-order valence-electron chi connectivity index (χ2n) is 5.55. The maximum Gasteiger partial charge on any atom is 0.348 e. The molecular weight excluding hydrogens is 374 g/mol. The molecule has 0 aliphatic carbocycles. The molecule has 0 atom stereocenters. The Bertz CT molecular complexity index is 716. The highest BCUT2D eigenvalue weighted by Gasteiger charge is 2.27. The third-order valence-electron chi connectivity index (χ3n) is 3.72. The van der Waals surface area contributed by atoms with Crippen molar-refractivity contribution in [1.29, 1.82) is 0 Å². The lowest BCUT2D eigenvalue weighted by atomic mass is 10.1. The number of esters is 2. The molecule has 2 N–H and O–H groups in total. The highest BCUT2D eigenvalue weighted by molar-refractivity contribution is 7.18. The average Bonchev–Trinajstić information content (AvgIpc) is 2.95. The summed E-state index contributed by atoms with van der Waals surface area (Å²) in [6.07, 6.45) is 0. The molecule has 150 valence electrons. The monoisotopic (exact) mass is 399 g/mol. The summed E-state index contributed by atoms with van der Waals surface area (Å²) in [7, 11) is 2.45. The Morgan fingerprint density at radius 2 is 1.59 bits per heavy atom. The van der Waals surface area contributed by atoms with Gasteiger partial charge in [0.1, 0.15) is 9.88 Å². The molecule has 0 aliphatic heterocycles. The fourth-order valence-corrected chi connectivity index (χ4v) is 3.47. The molecule has 2 amide bonds. The summed E-state index contributed by atoms with van der Waals surface area (Å²) >= 11 is 0.942. The van der Waals surface area contributed by atoms with Crippen LogP contribution in [-0.4, -0.2) is 69.1 Å². The van der Waals surface area contributed by atoms with E-state index < -0.39 is 17.8 Å². The number of thiophene rings is 1. The van der Waals surface area contributed by atoms with Crippen LogP contribution in [0.4, 0.5) is 5.00 Å². The lowest BCUT2D eigenvalue weighted by Crippen LogP contribution is -2.41. The summed E-state index contributed by atoms with van der Waals surface area (Å²) in [5.41, 5.74) is 0.492. The van der Waals surface area contributed by atoms with Crippen LogP contribution in [0, 0.1) is 6.92 Å². The quantitative estimate of drug-likeness (QED) is 0.596. The fourth-order valence-electron chi connectivity index (χ4n) is 2.34. The molecule has 1 heterocycles. The predicted molar refractivity (Wildman–Crippen MR) is 101 cm³/mol. The third-order valence-corrected chi connectivity index (χ3v) is 4.90. The van der Waals surface area contributed by atoms with Gasteiger partial charge in [-0.25, -0.2) is 9.59 Å². The Morgan fingerprint density at radius 1 is 1.00 bits per heavy atom. The molecule has 0 unspecified atom stereocenters. The van der Waals surface area contributed by atoms with Crippen molar-refractivity contribution in [2.45, 2.75) is 20.8 Å². The topological polar surface area (TPSA) is 114 Å². The molecule has 1 rings (SSSR count). The van der Waals surface area contributed by atoms with Crippen molar-refractivity contribution in [2.75, 3.05) is 45.7 Å². The first-order chi connectivity index (χ1) is 12.8. The van der Waals surface area contributed by atoms with E-state index in [4.69, 9.17) is 9.47 Å². The number of carbonyl (C=O) groups excluding carboxylic acids is 4. The number of methoxy groups -OCH3 is 2. The average molecular weight is 399 g/mol. The van der Waals surface area contributed by atoms with Gasteiger partial charge in [-0.1, -0.05) is 6.92 Å². The number of amides is 2. The predicted octanol–water partition coefficient (Wildman–Crippen LogP) is 1.03. The van der Waals surface area contributed by atoms with Crippen LogP contribution in [0.15, 0.2) is 0 Å². The number of anilines is 1. The summed E-state index contributed by atoms with van der Waals surface area (Å²) in [5, 5.41) is 5.51. The highest BCUT2D eigenvalue weighted by Crippen LogP contribution is 2.34. The smallest absolute Gasteiger partial charge is 0.348 e. The largest absolute Gasteiger partial charge is 0.465 e. The van der Waals surface area contributed by atoms with Gasteiger partial charge in [-0.2, -0.15) is 0 Å². The summed E-state index contributed by atoms with van der Waals surface area (Å²) in [6, 6.07) is 0. The molecule has 0 bridgehead atoms. The molecule has 0 fully saturated rings. The van der Waals surface area contributed by atoms with Gasteiger partial charge in [0.15, 0.2) is 0 Å². The molecule has 27 heavy (non-hydrogen) atoms. The van der Waals surface area contributed by atoms with Crippen molar-refractivity contribution in [2.24, 2.45) is 0 Å². The second-order valence-corrected chi connectivity index (χ2v) is 6.57. The first kappa shape index (κ1) is 22.6. The number of hydrogen-bond acceptors (Lipinski definition) is 8. The lowest BCUT2D eigenvalue weighted by Gasteiger charge is -2.19. The number of rotatable bonds is 9. The van der Waals surface area contributed by atoms with Gasteiger partial charge in [0, 0.05) is 6.54 Å². The van der Waals surface area contributed by atoms with Crippen molar-refractivity contribution in [3.8, 4) is 0 Å². The van der Waals surface area contributed by atoms with Gasteiger partial charge in [0.05, 0.1) is 32.9 Å². The molecule has 9 nitrogen and oxygen atoms in total. The number of carbonyl (C=O) groups is 4. The second kappa shape index (κ2) is 10.6. The summed E-state index contributed by atoms with van der Waals surface area (Å²) in [4.78, 5) is 49.9. The van der Waals surface area contributed by atoms with Crippen molar-refractivity contribution in [1.82, 2.24) is 10.2 Å². The van der Waals surface area contributed by atoms with Gasteiger partial charge in [-0.05, 0) is 26.0 Å². The van der Waals surface area contributed by atoms with E-state index in [1.165, 1.54) is 14.2 Å². The summed E-state index contributed by atoms with van der Waals surface area (Å²) < 4.78 is 9.46. The van der Waals surface area contributed by atoms with Gasteiger partial charge >= 0.3 is 11.9 Å². The zero-order valence-electron chi connectivity index (χ0n) is 16.1. The first-order valence-electron chi connectivity index (χ1n) is 8.37. The SMILES string of the molecule is CCNC(=O)CN(CC)CC(=O)Nc1sc(C(=O)OC)c(C)c1C(=O)OC. The van der Waals surface area contributed by atoms with Crippen LogP contribution in [0.3, 0.4) is 0 Å². The number of nitrogens with one attached hydrogen (secondary N) is 2. The lowest BCUT2D eigenvalue weighted by molar-refractivity contribution is -0.123. The minimum Gasteiger partial charge on any atom is -0.465 e. The molecule has 0 spiro atoms. The molecule has 0 saturated carbocycles. The van der Waals surface area contributed by atoms with Gasteiger partial charge in [0.25, 0.3) is 0 Å². The third kappa shape index (κ3) is 6.04. The van der Waals surface area contributed by atoms with E-state index in [2.05, 4.69) is 10.6 Å². The zero-order valence-corrected chi connectivity index (χ0v) is 16.9. The number of likely N-dealkylation sites (N-methyl/N-ethyl adjacent to an activating group) is 2. The van der Waals surface area contributed by atoms with Crippen LogP contribution < -0.4 is 10.6 Å². The first-order valence-corrected chi connectivity index (χ1v) is 9.19. The van der Waals surface area contributed by atoms with Crippen molar-refractivity contribution >= 4 is 40.1 Å². The van der Waals surface area contributed by atoms with Gasteiger partial charge in [-0.3, -0.25) is 14.5 Å². The van der Waals surface area contributed by atoms with E-state index in [9.17, 15) is 19.2 Å². The molecular formula is C17H25N3O6S. The Labute approximate surface area is 162 Å². The molecule has 0 aliphatic rings. The molecule has 0 saturated heterocycles. The van der Waals surface area contributed by atoms with Gasteiger partial charge in [-0.15, -0.1) is 11.3 Å². The number of hydrogen-bond donors (Lipinski definition) is 2. The van der Waals surface area contributed by atoms with Crippen molar-refractivity contribution in [3.63, 3.8) is 0 Å². The van der Waals surface area contributed by atoms with E-state index in [1.54, 1.807) is 11.8 Å². The summed E-state index contributed by atoms with van der Waals surface area (Å²) in [5.74, 6) is -1.86.